The number of likely N-dealkylation sites (tertiary alicyclic amines) is 1. The van der Waals surface area contributed by atoms with Crippen molar-refractivity contribution in [3.63, 3.8) is 0 Å². The summed E-state index contributed by atoms with van der Waals surface area (Å²) < 4.78 is 0. The second-order valence-electron chi connectivity index (χ2n) is 6.01. The molecular weight excluding hydrogens is 294 g/mol. The van der Waals surface area contributed by atoms with Crippen molar-refractivity contribution in [3.8, 4) is 0 Å². The quantitative estimate of drug-likeness (QED) is 0.476. The van der Waals surface area contributed by atoms with Gasteiger partial charge in [0.05, 0.1) is 4.92 Å². The molecule has 6 heteroatoms. The summed E-state index contributed by atoms with van der Waals surface area (Å²) in [6.45, 7) is 5.04. The zero-order valence-corrected chi connectivity index (χ0v) is 13.7. The summed E-state index contributed by atoms with van der Waals surface area (Å²) in [4.78, 5) is 24.7. The van der Waals surface area contributed by atoms with E-state index in [9.17, 15) is 14.9 Å². The first-order chi connectivity index (χ1) is 11.1. The van der Waals surface area contributed by atoms with Crippen molar-refractivity contribution in [1.29, 1.82) is 0 Å². The minimum atomic E-state index is -0.468. The minimum Gasteiger partial charge on any atom is -0.352 e. The average molecular weight is 319 g/mol. The Morgan fingerprint density at radius 3 is 2.74 bits per heavy atom. The van der Waals surface area contributed by atoms with Gasteiger partial charge < -0.3 is 10.2 Å². The molecule has 0 unspecified atom stereocenters. The zero-order chi connectivity index (χ0) is 16.7. The van der Waals surface area contributed by atoms with E-state index in [0.717, 1.165) is 19.5 Å². The van der Waals surface area contributed by atoms with Crippen molar-refractivity contribution in [2.45, 2.75) is 45.1 Å². The molecule has 0 bridgehead atoms. The van der Waals surface area contributed by atoms with Gasteiger partial charge in [0.1, 0.15) is 0 Å². The van der Waals surface area contributed by atoms with E-state index in [1.165, 1.54) is 49.9 Å². The lowest BCUT2D eigenvalue weighted by molar-refractivity contribution is -0.384. The highest BCUT2D eigenvalue weighted by Crippen LogP contribution is 2.19. The zero-order valence-electron chi connectivity index (χ0n) is 13.7. The van der Waals surface area contributed by atoms with Gasteiger partial charge in [-0.25, -0.2) is 0 Å². The standard InChI is InChI=1S/C17H25N3O3/c1-2-15-6-3-4-12-19(15)13-5-11-18-17(21)14-7-9-16(10-8-14)20(22)23/h7-10,15H,2-6,11-13H2,1H3,(H,18,21)/t15-/m0/s1. The average Bonchev–Trinajstić information content (AvgIpc) is 2.59. The van der Waals surface area contributed by atoms with Gasteiger partial charge in [-0.1, -0.05) is 13.3 Å². The molecule has 0 aromatic heterocycles. The number of hydrogen-bond acceptors (Lipinski definition) is 4. The number of nitro benzene ring substituents is 1. The van der Waals surface area contributed by atoms with E-state index >= 15 is 0 Å². The monoisotopic (exact) mass is 319 g/mol. The molecule has 1 fully saturated rings. The van der Waals surface area contributed by atoms with Crippen LogP contribution in [-0.2, 0) is 0 Å². The smallest absolute Gasteiger partial charge is 0.269 e. The Balaban J connectivity index is 1.73. The predicted octanol–water partition coefficient (Wildman–Crippen LogP) is 2.98. The maximum Gasteiger partial charge on any atom is 0.269 e. The number of rotatable bonds is 7. The SMILES string of the molecule is CC[C@H]1CCCCN1CCCNC(=O)c1ccc([N+](=O)[O-])cc1. The minimum absolute atomic E-state index is 0.00254. The van der Waals surface area contributed by atoms with Crippen LogP contribution < -0.4 is 5.32 Å². The molecule has 1 N–H and O–H groups in total. The number of carbonyl (C=O) groups is 1. The van der Waals surface area contributed by atoms with Gasteiger partial charge in [-0.15, -0.1) is 0 Å². The summed E-state index contributed by atoms with van der Waals surface area (Å²) in [6, 6.07) is 6.38. The number of nitrogens with zero attached hydrogens (tertiary/aromatic N) is 2. The molecule has 0 saturated carbocycles. The lowest BCUT2D eigenvalue weighted by Gasteiger charge is -2.35. The van der Waals surface area contributed by atoms with Crippen LogP contribution in [0.3, 0.4) is 0 Å². The number of hydrogen-bond donors (Lipinski definition) is 1. The van der Waals surface area contributed by atoms with Crippen molar-refractivity contribution in [1.82, 2.24) is 10.2 Å². The molecule has 1 saturated heterocycles. The van der Waals surface area contributed by atoms with Gasteiger partial charge in [-0.2, -0.15) is 0 Å². The van der Waals surface area contributed by atoms with Crippen LogP contribution in [0.5, 0.6) is 0 Å². The molecule has 6 nitrogen and oxygen atoms in total. The summed E-state index contributed by atoms with van der Waals surface area (Å²) in [5.41, 5.74) is 0.456. The Morgan fingerprint density at radius 1 is 1.35 bits per heavy atom. The molecule has 0 aliphatic carbocycles. The van der Waals surface area contributed by atoms with Crippen molar-refractivity contribution < 1.29 is 9.72 Å². The molecule has 126 valence electrons. The van der Waals surface area contributed by atoms with Crippen LogP contribution in [0.1, 0.15) is 49.4 Å². The Labute approximate surface area is 137 Å². The lowest BCUT2D eigenvalue weighted by atomic mass is 10.00. The van der Waals surface area contributed by atoms with Crippen LogP contribution in [0.15, 0.2) is 24.3 Å². The Hall–Kier alpha value is -1.95. The fraction of sp³-hybridized carbons (Fsp3) is 0.588. The third-order valence-electron chi connectivity index (χ3n) is 4.47. The van der Waals surface area contributed by atoms with Gasteiger partial charge in [0.15, 0.2) is 0 Å². The van der Waals surface area contributed by atoms with Crippen molar-refractivity contribution in [2.75, 3.05) is 19.6 Å². The third-order valence-corrected chi connectivity index (χ3v) is 4.47. The van der Waals surface area contributed by atoms with Crippen LogP contribution in [0.2, 0.25) is 0 Å². The summed E-state index contributed by atoms with van der Waals surface area (Å²) in [5.74, 6) is -0.175. The van der Waals surface area contributed by atoms with E-state index in [2.05, 4.69) is 17.1 Å². The van der Waals surface area contributed by atoms with E-state index < -0.39 is 4.92 Å². The summed E-state index contributed by atoms with van der Waals surface area (Å²) in [6.07, 6.45) is 5.99. The van der Waals surface area contributed by atoms with Gasteiger partial charge in [-0.3, -0.25) is 14.9 Å². The summed E-state index contributed by atoms with van der Waals surface area (Å²) >= 11 is 0. The van der Waals surface area contributed by atoms with Crippen LogP contribution in [-0.4, -0.2) is 41.4 Å². The van der Waals surface area contributed by atoms with Crippen molar-refractivity contribution in [2.24, 2.45) is 0 Å². The Bertz CT molecular complexity index is 530. The fourth-order valence-electron chi connectivity index (χ4n) is 3.14. The van der Waals surface area contributed by atoms with Crippen molar-refractivity contribution in [3.05, 3.63) is 39.9 Å². The Morgan fingerprint density at radius 2 is 2.09 bits per heavy atom. The molecule has 1 aliphatic heterocycles. The molecule has 1 aromatic carbocycles. The highest BCUT2D eigenvalue weighted by molar-refractivity contribution is 5.94. The second-order valence-corrected chi connectivity index (χ2v) is 6.01. The predicted molar refractivity (Wildman–Crippen MR) is 89.5 cm³/mol. The first-order valence-corrected chi connectivity index (χ1v) is 8.38. The molecule has 1 heterocycles. The maximum absolute atomic E-state index is 12.0. The number of amides is 1. The third kappa shape index (κ3) is 5.03. The van der Waals surface area contributed by atoms with Crippen LogP contribution in [0, 0.1) is 10.1 Å². The highest BCUT2D eigenvalue weighted by Gasteiger charge is 2.19. The van der Waals surface area contributed by atoms with Gasteiger partial charge in [-0.05, 0) is 44.4 Å². The van der Waals surface area contributed by atoms with Gasteiger partial charge in [0.2, 0.25) is 0 Å². The molecule has 0 radical (unpaired) electrons. The number of nitro groups is 1. The second kappa shape index (κ2) is 8.62. The molecule has 1 aromatic rings. The topological polar surface area (TPSA) is 75.5 Å². The van der Waals surface area contributed by atoms with Crippen LogP contribution in [0.4, 0.5) is 5.69 Å². The molecule has 23 heavy (non-hydrogen) atoms. The van der Waals surface area contributed by atoms with E-state index in [0.29, 0.717) is 18.2 Å². The first kappa shape index (κ1) is 17.4. The molecular formula is C17H25N3O3. The number of non-ortho nitro benzene ring substituents is 1. The van der Waals surface area contributed by atoms with Gasteiger partial charge in [0, 0.05) is 36.8 Å². The van der Waals surface area contributed by atoms with Gasteiger partial charge in [0.25, 0.3) is 11.6 Å². The van der Waals surface area contributed by atoms with Crippen LogP contribution >= 0.6 is 0 Å². The largest absolute Gasteiger partial charge is 0.352 e. The number of nitrogens with one attached hydrogen (secondary N) is 1. The fourth-order valence-corrected chi connectivity index (χ4v) is 3.14. The van der Waals surface area contributed by atoms with E-state index in [1.54, 1.807) is 0 Å². The molecule has 1 amide bonds. The highest BCUT2D eigenvalue weighted by atomic mass is 16.6. The summed E-state index contributed by atoms with van der Waals surface area (Å²) in [7, 11) is 0. The molecule has 0 spiro atoms. The van der Waals surface area contributed by atoms with Crippen LogP contribution in [0.25, 0.3) is 0 Å². The first-order valence-electron chi connectivity index (χ1n) is 8.38. The normalized spacial score (nSPS) is 18.6. The van der Waals surface area contributed by atoms with E-state index in [-0.39, 0.29) is 11.6 Å². The number of carbonyl (C=O) groups excluding carboxylic acids is 1. The van der Waals surface area contributed by atoms with E-state index in [4.69, 9.17) is 0 Å². The van der Waals surface area contributed by atoms with Gasteiger partial charge >= 0.3 is 0 Å². The molecule has 1 aliphatic rings. The summed E-state index contributed by atoms with van der Waals surface area (Å²) in [5, 5.41) is 13.5. The number of benzene rings is 1. The van der Waals surface area contributed by atoms with Crippen molar-refractivity contribution >= 4 is 11.6 Å². The maximum atomic E-state index is 12.0. The molecule has 2 rings (SSSR count). The number of piperidine rings is 1. The molecule has 1 atom stereocenters. The lowest BCUT2D eigenvalue weighted by Crippen LogP contribution is -2.40. The van der Waals surface area contributed by atoms with E-state index in [1.807, 2.05) is 0 Å². The Kier molecular flexibility index (Phi) is 6.52.